The lowest BCUT2D eigenvalue weighted by Crippen LogP contribution is -2.62. The molecule has 1 saturated heterocycles. The number of hydrogen-bond donors (Lipinski definition) is 1. The number of fused-ring (bicyclic) bond motifs is 1. The summed E-state index contributed by atoms with van der Waals surface area (Å²) in [5.41, 5.74) is -0.247. The summed E-state index contributed by atoms with van der Waals surface area (Å²) >= 11 is 0. The minimum Gasteiger partial charge on any atom is -0.593 e. The first-order valence-corrected chi connectivity index (χ1v) is 10.0. The molecule has 0 aromatic heterocycles. The van der Waals surface area contributed by atoms with E-state index in [2.05, 4.69) is 5.32 Å². The Morgan fingerprint density at radius 3 is 2.65 bits per heavy atom. The molecule has 0 bridgehead atoms. The second-order valence-electron chi connectivity index (χ2n) is 6.77. The van der Waals surface area contributed by atoms with E-state index in [1.807, 2.05) is 6.07 Å². The predicted octanol–water partition coefficient (Wildman–Crippen LogP) is 2.25. The standard InChI is InChI=1S/C19H20N2O4S/c22-18-16-9-4-5-10-17(16)25-14-19(20-18)11-6-12-21(13-19)26(23,24)15-7-2-1-3-8-15/h1-5,7-10H,6,11-14H2,(H-,20,22,23,24). The van der Waals surface area contributed by atoms with E-state index in [1.165, 1.54) is 4.31 Å². The molecule has 0 aliphatic carbocycles. The van der Waals surface area contributed by atoms with Gasteiger partial charge in [-0.3, -0.25) is 4.79 Å². The number of sulfonamides is 1. The summed E-state index contributed by atoms with van der Waals surface area (Å²) in [4.78, 5) is 12.9. The molecule has 1 amide bonds. The SMILES string of the molecule is O=C1NC2(CCCN([S+](=O)([O-])c3ccccc3)C2)COc2ccccc21. The lowest BCUT2D eigenvalue weighted by atomic mass is 9.91. The van der Waals surface area contributed by atoms with Crippen LogP contribution >= 0.6 is 0 Å². The normalized spacial score (nSPS) is 25.5. The molecule has 2 atom stereocenters. The van der Waals surface area contributed by atoms with Crippen LogP contribution in [0.4, 0.5) is 0 Å². The van der Waals surface area contributed by atoms with Gasteiger partial charge in [0, 0.05) is 6.54 Å². The van der Waals surface area contributed by atoms with Crippen LogP contribution in [-0.2, 0) is 14.6 Å². The van der Waals surface area contributed by atoms with E-state index < -0.39 is 15.9 Å². The van der Waals surface area contributed by atoms with Crippen molar-refractivity contribution in [1.82, 2.24) is 9.62 Å². The van der Waals surface area contributed by atoms with Gasteiger partial charge >= 0.3 is 0 Å². The monoisotopic (exact) mass is 372 g/mol. The molecular weight excluding hydrogens is 352 g/mol. The third-order valence-corrected chi connectivity index (χ3v) is 6.80. The van der Waals surface area contributed by atoms with Gasteiger partial charge < -0.3 is 14.6 Å². The average molecular weight is 372 g/mol. The van der Waals surface area contributed by atoms with Crippen molar-refractivity contribution >= 4 is 16.3 Å². The van der Waals surface area contributed by atoms with Gasteiger partial charge in [-0.25, -0.2) is 0 Å². The van der Waals surface area contributed by atoms with E-state index in [0.717, 1.165) is 0 Å². The van der Waals surface area contributed by atoms with Crippen LogP contribution in [-0.4, -0.2) is 40.0 Å². The van der Waals surface area contributed by atoms with Crippen LogP contribution in [0.5, 0.6) is 5.75 Å². The molecule has 26 heavy (non-hydrogen) atoms. The van der Waals surface area contributed by atoms with Crippen molar-refractivity contribution in [3.05, 3.63) is 60.2 Å². The Bertz CT molecular complexity index is 873. The Balaban J connectivity index is 1.61. The predicted molar refractivity (Wildman–Crippen MR) is 96.5 cm³/mol. The van der Waals surface area contributed by atoms with E-state index in [0.29, 0.717) is 30.7 Å². The zero-order valence-corrected chi connectivity index (χ0v) is 15.0. The van der Waals surface area contributed by atoms with Crippen LogP contribution in [0.25, 0.3) is 0 Å². The van der Waals surface area contributed by atoms with Crippen molar-refractivity contribution in [2.24, 2.45) is 0 Å². The summed E-state index contributed by atoms with van der Waals surface area (Å²) in [5, 5.41) is 3.03. The third-order valence-electron chi connectivity index (χ3n) is 4.94. The number of para-hydroxylation sites is 1. The summed E-state index contributed by atoms with van der Waals surface area (Å²) in [6.45, 7) is 0.877. The fourth-order valence-corrected chi connectivity index (χ4v) is 5.18. The Morgan fingerprint density at radius 2 is 1.85 bits per heavy atom. The molecule has 4 rings (SSSR count). The van der Waals surface area contributed by atoms with Crippen molar-refractivity contribution in [2.45, 2.75) is 23.3 Å². The summed E-state index contributed by atoms with van der Waals surface area (Å²) in [6, 6.07) is 15.5. The molecule has 6 nitrogen and oxygen atoms in total. The van der Waals surface area contributed by atoms with Crippen molar-refractivity contribution in [3.8, 4) is 5.75 Å². The van der Waals surface area contributed by atoms with Gasteiger partial charge in [0.2, 0.25) is 0 Å². The van der Waals surface area contributed by atoms with Crippen LogP contribution in [0.3, 0.4) is 0 Å². The van der Waals surface area contributed by atoms with Gasteiger partial charge in [0.05, 0.1) is 17.6 Å². The highest BCUT2D eigenvalue weighted by Crippen LogP contribution is 2.32. The number of piperidine rings is 1. The maximum atomic E-state index is 13.0. The molecule has 0 radical (unpaired) electrons. The maximum absolute atomic E-state index is 13.0. The molecule has 0 saturated carbocycles. The number of rotatable bonds is 2. The minimum atomic E-state index is -3.61. The van der Waals surface area contributed by atoms with Gasteiger partial charge in [0.25, 0.3) is 5.91 Å². The highest BCUT2D eigenvalue weighted by molar-refractivity contribution is 7.95. The van der Waals surface area contributed by atoms with Gasteiger partial charge in [-0.15, -0.1) is 4.31 Å². The van der Waals surface area contributed by atoms with Gasteiger partial charge in [0.1, 0.15) is 12.4 Å². The smallest absolute Gasteiger partial charge is 0.255 e. The first-order valence-electron chi connectivity index (χ1n) is 8.60. The number of hydrogen-bond acceptors (Lipinski definition) is 4. The van der Waals surface area contributed by atoms with Crippen LogP contribution < -0.4 is 10.1 Å². The Morgan fingerprint density at radius 1 is 1.12 bits per heavy atom. The number of carbonyl (C=O) groups excluding carboxylic acids is 1. The second kappa shape index (κ2) is 6.50. The molecule has 136 valence electrons. The summed E-state index contributed by atoms with van der Waals surface area (Å²) in [6.07, 6.45) is 1.33. The fraction of sp³-hybridized carbons (Fsp3) is 0.316. The fourth-order valence-electron chi connectivity index (χ4n) is 3.60. The largest absolute Gasteiger partial charge is 0.593 e. The molecular formula is C19H20N2O4S. The van der Waals surface area contributed by atoms with Gasteiger partial charge in [-0.1, -0.05) is 34.5 Å². The first kappa shape index (κ1) is 17.2. The summed E-state index contributed by atoms with van der Waals surface area (Å²) in [7, 11) is -3.61. The number of amides is 1. The topological polar surface area (TPSA) is 81.7 Å². The van der Waals surface area contributed by atoms with Gasteiger partial charge in [-0.2, -0.15) is 0 Å². The highest BCUT2D eigenvalue weighted by Gasteiger charge is 2.45. The van der Waals surface area contributed by atoms with Crippen LogP contribution in [0.2, 0.25) is 0 Å². The minimum absolute atomic E-state index is 0.198. The zero-order valence-electron chi connectivity index (χ0n) is 14.2. The van der Waals surface area contributed by atoms with Crippen molar-refractivity contribution in [1.29, 1.82) is 0 Å². The Labute approximate surface area is 153 Å². The van der Waals surface area contributed by atoms with Gasteiger partial charge in [-0.05, 0) is 37.1 Å². The molecule has 2 aromatic rings. The number of carbonyl (C=O) groups is 1. The number of nitrogens with one attached hydrogen (secondary N) is 1. The summed E-state index contributed by atoms with van der Waals surface area (Å²) in [5.74, 6) is 0.307. The van der Waals surface area contributed by atoms with Crippen molar-refractivity contribution < 1.29 is 18.3 Å². The molecule has 1 N–H and O–H groups in total. The third kappa shape index (κ3) is 3.02. The molecule has 2 aromatic carbocycles. The van der Waals surface area contributed by atoms with Gasteiger partial charge in [0.15, 0.2) is 15.3 Å². The first-order chi connectivity index (χ1) is 12.5. The number of benzene rings is 2. The molecule has 7 heteroatoms. The van der Waals surface area contributed by atoms with Crippen LogP contribution in [0, 0.1) is 0 Å². The zero-order chi connectivity index (χ0) is 18.2. The van der Waals surface area contributed by atoms with E-state index in [1.54, 1.807) is 48.5 Å². The quantitative estimate of drug-likeness (QED) is 0.820. The molecule has 1 fully saturated rings. The summed E-state index contributed by atoms with van der Waals surface area (Å²) < 4.78 is 33.3. The molecule has 2 heterocycles. The van der Waals surface area contributed by atoms with E-state index in [-0.39, 0.29) is 24.0 Å². The van der Waals surface area contributed by atoms with Crippen LogP contribution in [0.1, 0.15) is 23.2 Å². The highest BCUT2D eigenvalue weighted by atomic mass is 32.3. The molecule has 2 aliphatic heterocycles. The lowest BCUT2D eigenvalue weighted by molar-refractivity contribution is 0.0790. The Kier molecular flexibility index (Phi) is 4.30. The maximum Gasteiger partial charge on any atom is 0.255 e. The second-order valence-corrected chi connectivity index (χ2v) is 8.71. The molecule has 1 spiro atoms. The molecule has 2 unspecified atom stereocenters. The van der Waals surface area contributed by atoms with Crippen molar-refractivity contribution in [2.75, 3.05) is 19.7 Å². The number of nitrogens with zero attached hydrogens (tertiary/aromatic N) is 1. The van der Waals surface area contributed by atoms with E-state index in [4.69, 9.17) is 4.74 Å². The number of ether oxygens (including phenoxy) is 1. The average Bonchev–Trinajstić information content (AvgIpc) is 2.80. The van der Waals surface area contributed by atoms with E-state index >= 15 is 0 Å². The van der Waals surface area contributed by atoms with Crippen molar-refractivity contribution in [3.63, 3.8) is 0 Å². The van der Waals surface area contributed by atoms with Crippen LogP contribution in [0.15, 0.2) is 59.5 Å². The lowest BCUT2D eigenvalue weighted by Gasteiger charge is -2.42. The molecule has 2 aliphatic rings. The Hall–Kier alpha value is -2.22. The van der Waals surface area contributed by atoms with E-state index in [9.17, 15) is 13.6 Å².